The zero-order chi connectivity index (χ0) is 11.4. The van der Waals surface area contributed by atoms with Crippen molar-refractivity contribution in [3.63, 3.8) is 0 Å². The van der Waals surface area contributed by atoms with Crippen LogP contribution < -0.4 is 5.73 Å². The monoisotopic (exact) mass is 234 g/mol. The molecule has 0 bridgehead atoms. The van der Waals surface area contributed by atoms with Gasteiger partial charge in [-0.2, -0.15) is 0 Å². The number of hydrogen-bond acceptors (Lipinski definition) is 2. The van der Waals surface area contributed by atoms with Crippen molar-refractivity contribution in [2.45, 2.75) is 57.0 Å². The fourth-order valence-corrected chi connectivity index (χ4v) is 5.15. The molecule has 0 aromatic carbocycles. The molecule has 0 spiro atoms. The molecular formula is C15H26N2. The van der Waals surface area contributed by atoms with Gasteiger partial charge < -0.3 is 5.73 Å². The van der Waals surface area contributed by atoms with Gasteiger partial charge in [-0.1, -0.05) is 19.3 Å². The standard InChI is InChI=1S/C15H26N2/c16-14-5-1-4-11-8-17(9-13(11)14)15-6-2-3-10-7-12(10)15/h10-15H,1-9,16H2. The summed E-state index contributed by atoms with van der Waals surface area (Å²) in [6, 6.07) is 1.46. The summed E-state index contributed by atoms with van der Waals surface area (Å²) in [5.74, 6) is 3.98. The maximum atomic E-state index is 6.33. The molecule has 4 rings (SSSR count). The second kappa shape index (κ2) is 3.96. The molecule has 17 heavy (non-hydrogen) atoms. The molecule has 1 aliphatic heterocycles. The van der Waals surface area contributed by atoms with Crippen molar-refractivity contribution in [1.29, 1.82) is 0 Å². The van der Waals surface area contributed by atoms with Gasteiger partial charge in [0.15, 0.2) is 0 Å². The Balaban J connectivity index is 1.46. The molecule has 0 aromatic heterocycles. The first kappa shape index (κ1) is 10.8. The summed E-state index contributed by atoms with van der Waals surface area (Å²) in [4.78, 5) is 2.85. The fourth-order valence-electron chi connectivity index (χ4n) is 5.15. The molecule has 3 saturated carbocycles. The van der Waals surface area contributed by atoms with E-state index in [0.717, 1.165) is 29.7 Å². The molecule has 0 radical (unpaired) electrons. The molecule has 4 fully saturated rings. The lowest BCUT2D eigenvalue weighted by molar-refractivity contribution is 0.168. The Morgan fingerprint density at radius 1 is 0.824 bits per heavy atom. The highest BCUT2D eigenvalue weighted by atomic mass is 15.2. The van der Waals surface area contributed by atoms with E-state index in [4.69, 9.17) is 5.73 Å². The van der Waals surface area contributed by atoms with Crippen molar-refractivity contribution in [3.8, 4) is 0 Å². The van der Waals surface area contributed by atoms with E-state index in [0.29, 0.717) is 6.04 Å². The van der Waals surface area contributed by atoms with Gasteiger partial charge in [-0.15, -0.1) is 0 Å². The molecule has 4 aliphatic rings. The second-order valence-electron chi connectivity index (χ2n) is 7.13. The lowest BCUT2D eigenvalue weighted by Gasteiger charge is -2.31. The molecule has 6 atom stereocenters. The zero-order valence-electron chi connectivity index (χ0n) is 10.9. The first-order valence-corrected chi connectivity index (χ1v) is 7.82. The van der Waals surface area contributed by atoms with E-state index in [2.05, 4.69) is 4.90 Å². The van der Waals surface area contributed by atoms with E-state index < -0.39 is 0 Å². The Hall–Kier alpha value is -0.0800. The van der Waals surface area contributed by atoms with E-state index in [1.165, 1.54) is 51.6 Å². The Morgan fingerprint density at radius 2 is 1.65 bits per heavy atom. The van der Waals surface area contributed by atoms with Gasteiger partial charge in [-0.3, -0.25) is 4.90 Å². The van der Waals surface area contributed by atoms with Crippen molar-refractivity contribution in [1.82, 2.24) is 4.90 Å². The smallest absolute Gasteiger partial charge is 0.0126 e. The van der Waals surface area contributed by atoms with Crippen LogP contribution in [0.4, 0.5) is 0 Å². The van der Waals surface area contributed by atoms with E-state index in [1.807, 2.05) is 0 Å². The predicted molar refractivity (Wildman–Crippen MR) is 69.6 cm³/mol. The predicted octanol–water partition coefficient (Wildman–Crippen LogP) is 2.23. The third kappa shape index (κ3) is 1.76. The first-order chi connectivity index (χ1) is 8.33. The second-order valence-corrected chi connectivity index (χ2v) is 7.13. The largest absolute Gasteiger partial charge is 0.327 e. The van der Waals surface area contributed by atoms with Crippen LogP contribution in [0.2, 0.25) is 0 Å². The van der Waals surface area contributed by atoms with E-state index in [-0.39, 0.29) is 0 Å². The van der Waals surface area contributed by atoms with Crippen molar-refractivity contribution < 1.29 is 0 Å². The normalized spacial score (nSPS) is 54.2. The van der Waals surface area contributed by atoms with Crippen LogP contribution >= 0.6 is 0 Å². The van der Waals surface area contributed by atoms with Gasteiger partial charge in [-0.25, -0.2) is 0 Å². The van der Waals surface area contributed by atoms with E-state index >= 15 is 0 Å². The number of nitrogens with zero attached hydrogens (tertiary/aromatic N) is 1. The quantitative estimate of drug-likeness (QED) is 0.754. The topological polar surface area (TPSA) is 29.3 Å². The molecule has 96 valence electrons. The van der Waals surface area contributed by atoms with Gasteiger partial charge in [-0.05, 0) is 49.4 Å². The molecule has 0 amide bonds. The van der Waals surface area contributed by atoms with Gasteiger partial charge in [0, 0.05) is 25.2 Å². The maximum absolute atomic E-state index is 6.33. The number of likely N-dealkylation sites (tertiary alicyclic amines) is 1. The minimum absolute atomic E-state index is 0.511. The lowest BCUT2D eigenvalue weighted by atomic mass is 9.78. The molecular weight excluding hydrogens is 208 g/mol. The summed E-state index contributed by atoms with van der Waals surface area (Å²) < 4.78 is 0. The van der Waals surface area contributed by atoms with Crippen molar-refractivity contribution >= 4 is 0 Å². The average molecular weight is 234 g/mol. The van der Waals surface area contributed by atoms with Crippen LogP contribution in [0.15, 0.2) is 0 Å². The van der Waals surface area contributed by atoms with Gasteiger partial charge in [0.1, 0.15) is 0 Å². The lowest BCUT2D eigenvalue weighted by Crippen LogP contribution is -2.40. The maximum Gasteiger partial charge on any atom is 0.0126 e. The number of hydrogen-bond donors (Lipinski definition) is 1. The molecule has 0 aromatic rings. The minimum atomic E-state index is 0.511. The number of nitrogens with two attached hydrogens (primary N) is 1. The van der Waals surface area contributed by atoms with Crippen molar-refractivity contribution in [2.24, 2.45) is 29.4 Å². The Kier molecular flexibility index (Phi) is 2.52. The summed E-state index contributed by atoms with van der Waals surface area (Å²) in [6.07, 6.45) is 10.2. The summed E-state index contributed by atoms with van der Waals surface area (Å²) in [5, 5.41) is 0. The van der Waals surface area contributed by atoms with Crippen LogP contribution in [-0.4, -0.2) is 30.1 Å². The molecule has 2 heteroatoms. The minimum Gasteiger partial charge on any atom is -0.327 e. The Labute approximate surface area is 105 Å². The van der Waals surface area contributed by atoms with Crippen LogP contribution in [-0.2, 0) is 0 Å². The first-order valence-electron chi connectivity index (χ1n) is 7.82. The van der Waals surface area contributed by atoms with E-state index in [9.17, 15) is 0 Å². The van der Waals surface area contributed by atoms with Gasteiger partial charge in [0.05, 0.1) is 0 Å². The number of rotatable bonds is 1. The van der Waals surface area contributed by atoms with Crippen LogP contribution in [0.3, 0.4) is 0 Å². The molecule has 3 aliphatic carbocycles. The third-order valence-corrected chi connectivity index (χ3v) is 6.20. The third-order valence-electron chi connectivity index (χ3n) is 6.20. The summed E-state index contributed by atoms with van der Waals surface area (Å²) in [6.45, 7) is 2.71. The SMILES string of the molecule is NC1CCCC2CN(C3CCCC4CC43)CC12. The highest BCUT2D eigenvalue weighted by Gasteiger charge is 2.50. The van der Waals surface area contributed by atoms with Crippen LogP contribution in [0.5, 0.6) is 0 Å². The molecule has 6 unspecified atom stereocenters. The highest BCUT2D eigenvalue weighted by molar-refractivity contribution is 5.03. The molecule has 1 heterocycles. The average Bonchev–Trinajstić information content (AvgIpc) is 3.00. The summed E-state index contributed by atoms with van der Waals surface area (Å²) in [5.41, 5.74) is 6.33. The summed E-state index contributed by atoms with van der Waals surface area (Å²) in [7, 11) is 0. The Morgan fingerprint density at radius 3 is 2.53 bits per heavy atom. The van der Waals surface area contributed by atoms with Crippen LogP contribution in [0.1, 0.15) is 44.9 Å². The molecule has 2 nitrogen and oxygen atoms in total. The van der Waals surface area contributed by atoms with Crippen molar-refractivity contribution in [3.05, 3.63) is 0 Å². The van der Waals surface area contributed by atoms with Gasteiger partial charge in [0.2, 0.25) is 0 Å². The van der Waals surface area contributed by atoms with Gasteiger partial charge >= 0.3 is 0 Å². The highest BCUT2D eigenvalue weighted by Crippen LogP contribution is 2.52. The number of fused-ring (bicyclic) bond motifs is 2. The van der Waals surface area contributed by atoms with Crippen molar-refractivity contribution in [2.75, 3.05) is 13.1 Å². The van der Waals surface area contributed by atoms with Crippen LogP contribution in [0.25, 0.3) is 0 Å². The molecule has 1 saturated heterocycles. The zero-order valence-corrected chi connectivity index (χ0v) is 10.9. The van der Waals surface area contributed by atoms with Crippen LogP contribution in [0, 0.1) is 23.7 Å². The van der Waals surface area contributed by atoms with E-state index in [1.54, 1.807) is 6.42 Å². The fraction of sp³-hybridized carbons (Fsp3) is 1.00. The molecule has 2 N–H and O–H groups in total. The van der Waals surface area contributed by atoms with Gasteiger partial charge in [0.25, 0.3) is 0 Å². The summed E-state index contributed by atoms with van der Waals surface area (Å²) >= 11 is 0. The Bertz CT molecular complexity index is 303.